The van der Waals surface area contributed by atoms with E-state index in [1.54, 1.807) is 23.7 Å². The highest BCUT2D eigenvalue weighted by Crippen LogP contribution is 2.39. The molecule has 2 aromatic rings. The average molecular weight is 438 g/mol. The molecule has 1 N–H and O–H groups in total. The Hall–Kier alpha value is -1.62. The number of hydrogen-bond donors (Lipinski definition) is 1. The summed E-state index contributed by atoms with van der Waals surface area (Å²) < 4.78 is 25.0. The molecule has 158 valence electrons. The lowest BCUT2D eigenvalue weighted by Crippen LogP contribution is -2.48. The van der Waals surface area contributed by atoms with E-state index in [0.717, 1.165) is 59.6 Å². The van der Waals surface area contributed by atoms with Gasteiger partial charge in [0.05, 0.1) is 11.1 Å². The van der Waals surface area contributed by atoms with Crippen LogP contribution in [0.4, 0.5) is 0 Å². The summed E-state index contributed by atoms with van der Waals surface area (Å²) in [5, 5.41) is 2.75. The van der Waals surface area contributed by atoms with Crippen molar-refractivity contribution in [3.8, 4) is 0 Å². The minimum Gasteiger partial charge on any atom is -0.354 e. The molecule has 0 aromatic carbocycles. The molecular formula is C19H27N5O3S2. The summed E-state index contributed by atoms with van der Waals surface area (Å²) in [6.07, 6.45) is 8.36. The zero-order valence-electron chi connectivity index (χ0n) is 16.8. The number of thiophene rings is 1. The summed E-state index contributed by atoms with van der Waals surface area (Å²) in [5.41, 5.74) is 1.90. The number of amides is 1. The van der Waals surface area contributed by atoms with Gasteiger partial charge in [-0.25, -0.2) is 17.7 Å². The van der Waals surface area contributed by atoms with E-state index in [2.05, 4.69) is 20.2 Å². The van der Waals surface area contributed by atoms with E-state index in [4.69, 9.17) is 0 Å². The number of nitrogens with zero attached hydrogens (tertiary/aromatic N) is 4. The zero-order valence-corrected chi connectivity index (χ0v) is 18.4. The van der Waals surface area contributed by atoms with Gasteiger partial charge in [0.25, 0.3) is 5.91 Å². The first-order chi connectivity index (χ1) is 13.9. The summed E-state index contributed by atoms with van der Waals surface area (Å²) in [6.45, 7) is 3.13. The van der Waals surface area contributed by atoms with Crippen LogP contribution in [0.5, 0.6) is 0 Å². The van der Waals surface area contributed by atoms with E-state index in [1.165, 1.54) is 17.6 Å². The number of aromatic nitrogens is 2. The first kappa shape index (κ1) is 20.6. The lowest BCUT2D eigenvalue weighted by atomic mass is 9.87. The summed E-state index contributed by atoms with van der Waals surface area (Å²) in [6, 6.07) is 0.436. The van der Waals surface area contributed by atoms with Crippen LogP contribution in [0.1, 0.15) is 46.8 Å². The molecule has 0 spiro atoms. The molecule has 29 heavy (non-hydrogen) atoms. The van der Waals surface area contributed by atoms with Gasteiger partial charge in [-0.05, 0) is 44.7 Å². The predicted molar refractivity (Wildman–Crippen MR) is 114 cm³/mol. The number of carbonyl (C=O) groups is 1. The molecule has 10 heteroatoms. The number of carbonyl (C=O) groups excluding carboxylic acids is 1. The Labute approximate surface area is 175 Å². The summed E-state index contributed by atoms with van der Waals surface area (Å²) >= 11 is 1.42. The average Bonchev–Trinajstić information content (AvgIpc) is 3.12. The molecule has 0 radical (unpaired) electrons. The fourth-order valence-electron chi connectivity index (χ4n) is 4.60. The molecule has 1 amide bonds. The van der Waals surface area contributed by atoms with Crippen LogP contribution in [0, 0.1) is 0 Å². The third-order valence-electron chi connectivity index (χ3n) is 6.14. The standard InChI is InChI=1S/C19H27N5O3S2/c1-20-18(25)17-15(16-19(28-17)22-8-7-21-16)13-3-9-23(10-4-13)14-5-11-24(12-6-14)29(2,26)27/h7-8,13-14H,3-6,9-12H2,1-2H3,(H,20,25). The highest BCUT2D eigenvalue weighted by molar-refractivity contribution is 7.88. The van der Waals surface area contributed by atoms with Gasteiger partial charge < -0.3 is 10.2 Å². The van der Waals surface area contributed by atoms with Crippen molar-refractivity contribution in [1.82, 2.24) is 24.5 Å². The molecule has 0 aliphatic carbocycles. The zero-order chi connectivity index (χ0) is 20.6. The quantitative estimate of drug-likeness (QED) is 0.782. The molecule has 2 saturated heterocycles. The van der Waals surface area contributed by atoms with E-state index in [9.17, 15) is 13.2 Å². The van der Waals surface area contributed by atoms with Crippen LogP contribution in [0.2, 0.25) is 0 Å². The number of hydrogen-bond acceptors (Lipinski definition) is 7. The Kier molecular flexibility index (Phi) is 5.87. The number of rotatable bonds is 4. The molecule has 0 saturated carbocycles. The normalized spacial score (nSPS) is 20.9. The van der Waals surface area contributed by atoms with E-state index < -0.39 is 10.0 Å². The number of likely N-dealkylation sites (tertiary alicyclic amines) is 1. The van der Waals surface area contributed by atoms with Gasteiger partial charge in [-0.15, -0.1) is 11.3 Å². The van der Waals surface area contributed by atoms with Gasteiger partial charge in [0.1, 0.15) is 10.3 Å². The second-order valence-electron chi connectivity index (χ2n) is 7.84. The van der Waals surface area contributed by atoms with Gasteiger partial charge in [-0.1, -0.05) is 0 Å². The monoisotopic (exact) mass is 437 g/mol. The van der Waals surface area contributed by atoms with E-state index in [1.807, 2.05) is 0 Å². The third kappa shape index (κ3) is 4.16. The van der Waals surface area contributed by atoms with Crippen molar-refractivity contribution in [2.75, 3.05) is 39.5 Å². The highest BCUT2D eigenvalue weighted by Gasteiger charge is 2.33. The van der Waals surface area contributed by atoms with Crippen molar-refractivity contribution in [3.05, 3.63) is 22.8 Å². The van der Waals surface area contributed by atoms with Crippen LogP contribution in [-0.2, 0) is 10.0 Å². The van der Waals surface area contributed by atoms with Crippen molar-refractivity contribution in [3.63, 3.8) is 0 Å². The van der Waals surface area contributed by atoms with E-state index in [0.29, 0.717) is 25.0 Å². The molecule has 2 aromatic heterocycles. The van der Waals surface area contributed by atoms with Crippen LogP contribution in [0.15, 0.2) is 12.4 Å². The Bertz CT molecular complexity index is 990. The van der Waals surface area contributed by atoms with Crippen molar-refractivity contribution >= 4 is 37.6 Å². The number of piperidine rings is 2. The van der Waals surface area contributed by atoms with Crippen LogP contribution in [-0.4, -0.2) is 79.0 Å². The molecule has 0 bridgehead atoms. The van der Waals surface area contributed by atoms with Crippen LogP contribution in [0.25, 0.3) is 10.3 Å². The smallest absolute Gasteiger partial charge is 0.261 e. The van der Waals surface area contributed by atoms with Crippen LogP contribution in [0.3, 0.4) is 0 Å². The predicted octanol–water partition coefficient (Wildman–Crippen LogP) is 1.65. The Morgan fingerprint density at radius 1 is 1.10 bits per heavy atom. The maximum Gasteiger partial charge on any atom is 0.261 e. The SMILES string of the molecule is CNC(=O)c1sc2nccnc2c1C1CCN(C2CCN(S(C)(=O)=O)CC2)CC1. The van der Waals surface area contributed by atoms with Crippen molar-refractivity contribution in [1.29, 1.82) is 0 Å². The molecule has 0 atom stereocenters. The maximum atomic E-state index is 12.4. The second kappa shape index (κ2) is 8.25. The largest absolute Gasteiger partial charge is 0.354 e. The maximum absolute atomic E-state index is 12.4. The molecular weight excluding hydrogens is 410 g/mol. The number of fused-ring (bicyclic) bond motifs is 1. The highest BCUT2D eigenvalue weighted by atomic mass is 32.2. The first-order valence-electron chi connectivity index (χ1n) is 10.0. The van der Waals surface area contributed by atoms with Gasteiger partial charge in [0, 0.05) is 44.1 Å². The first-order valence-corrected chi connectivity index (χ1v) is 12.7. The fraction of sp³-hybridized carbons (Fsp3) is 0.632. The molecule has 2 aliphatic rings. The lowest BCUT2D eigenvalue weighted by molar-refractivity contribution is 0.0960. The second-order valence-corrected chi connectivity index (χ2v) is 10.8. The van der Waals surface area contributed by atoms with Gasteiger partial charge >= 0.3 is 0 Å². The molecule has 4 heterocycles. The number of nitrogens with one attached hydrogen (secondary N) is 1. The Balaban J connectivity index is 1.46. The summed E-state index contributed by atoms with van der Waals surface area (Å²) in [7, 11) is -1.43. The molecule has 2 aliphatic heterocycles. The fourth-order valence-corrected chi connectivity index (χ4v) is 6.61. The Morgan fingerprint density at radius 2 is 1.76 bits per heavy atom. The van der Waals surface area contributed by atoms with Gasteiger partial charge in [-0.2, -0.15) is 0 Å². The van der Waals surface area contributed by atoms with Crippen molar-refractivity contribution in [2.45, 2.75) is 37.6 Å². The molecule has 4 rings (SSSR count). The Morgan fingerprint density at radius 3 is 2.38 bits per heavy atom. The number of sulfonamides is 1. The van der Waals surface area contributed by atoms with Crippen molar-refractivity contribution < 1.29 is 13.2 Å². The summed E-state index contributed by atoms with van der Waals surface area (Å²) in [4.78, 5) is 25.4. The minimum absolute atomic E-state index is 0.0691. The molecule has 8 nitrogen and oxygen atoms in total. The van der Waals surface area contributed by atoms with E-state index in [-0.39, 0.29) is 5.91 Å². The minimum atomic E-state index is -3.09. The third-order valence-corrected chi connectivity index (χ3v) is 8.55. The van der Waals surface area contributed by atoms with Crippen LogP contribution >= 0.6 is 11.3 Å². The lowest BCUT2D eigenvalue weighted by Gasteiger charge is -2.41. The van der Waals surface area contributed by atoms with Gasteiger partial charge in [0.2, 0.25) is 10.0 Å². The van der Waals surface area contributed by atoms with Crippen LogP contribution < -0.4 is 5.32 Å². The molecule has 2 fully saturated rings. The topological polar surface area (TPSA) is 95.5 Å². The van der Waals surface area contributed by atoms with E-state index >= 15 is 0 Å². The van der Waals surface area contributed by atoms with Gasteiger partial charge in [0.15, 0.2) is 0 Å². The molecule has 0 unspecified atom stereocenters. The van der Waals surface area contributed by atoms with Crippen molar-refractivity contribution in [2.24, 2.45) is 0 Å². The van der Waals surface area contributed by atoms with Gasteiger partial charge in [-0.3, -0.25) is 9.78 Å². The summed E-state index contributed by atoms with van der Waals surface area (Å²) in [5.74, 6) is 0.223.